The molecule has 0 N–H and O–H groups in total. The van der Waals surface area contributed by atoms with Crippen molar-refractivity contribution in [3.05, 3.63) is 161 Å². The van der Waals surface area contributed by atoms with E-state index in [1.807, 2.05) is 18.2 Å². The Kier molecular flexibility index (Phi) is 9.51. The molecule has 1 aliphatic rings. The molecule has 0 aliphatic carbocycles. The van der Waals surface area contributed by atoms with Crippen molar-refractivity contribution in [1.29, 1.82) is 0 Å². The van der Waals surface area contributed by atoms with Crippen LogP contribution in [0, 0.1) is 13.8 Å². The van der Waals surface area contributed by atoms with E-state index in [1.54, 1.807) is 7.11 Å². The molecule has 1 heterocycles. The molecule has 0 radical (unpaired) electrons. The van der Waals surface area contributed by atoms with Crippen LogP contribution in [0.25, 0.3) is 39.1 Å². The first-order valence-electron chi connectivity index (χ1n) is 17.8. The molecule has 0 amide bonds. The number of carbonyl (C=O) groups is 1. The molecule has 0 aromatic heterocycles. The monoisotopic (exact) mass is 671 g/mol. The number of esters is 1. The Balaban J connectivity index is 1.28. The van der Waals surface area contributed by atoms with Gasteiger partial charge in [-0.2, -0.15) is 0 Å². The summed E-state index contributed by atoms with van der Waals surface area (Å²) >= 11 is 0. The number of aryl methyl sites for hydroxylation is 2. The van der Waals surface area contributed by atoms with Crippen LogP contribution >= 0.6 is 0 Å². The van der Waals surface area contributed by atoms with Crippen molar-refractivity contribution in [3.63, 3.8) is 0 Å². The van der Waals surface area contributed by atoms with E-state index in [1.165, 1.54) is 47.9 Å². The van der Waals surface area contributed by atoms with Gasteiger partial charge in [0.25, 0.3) is 0 Å². The summed E-state index contributed by atoms with van der Waals surface area (Å²) in [7, 11) is 3.14. The molecule has 6 aromatic rings. The van der Waals surface area contributed by atoms with Crippen molar-refractivity contribution in [3.8, 4) is 28.0 Å². The van der Waals surface area contributed by atoms with Crippen LogP contribution in [0.4, 0.5) is 5.69 Å². The summed E-state index contributed by atoms with van der Waals surface area (Å²) in [6.45, 7) is 8.65. The minimum Gasteiger partial charge on any atom is -0.497 e. The van der Waals surface area contributed by atoms with Gasteiger partial charge in [0.05, 0.1) is 19.8 Å². The number of methoxy groups -OCH3 is 2. The normalized spacial score (nSPS) is 14.2. The lowest BCUT2D eigenvalue weighted by atomic mass is 9.75. The largest absolute Gasteiger partial charge is 0.497 e. The Bertz CT molecular complexity index is 2190. The highest BCUT2D eigenvalue weighted by Gasteiger charge is 2.27. The molecular weight excluding hydrogens is 627 g/mol. The van der Waals surface area contributed by atoms with Gasteiger partial charge in [-0.15, -0.1) is 0 Å². The van der Waals surface area contributed by atoms with Crippen molar-refractivity contribution in [2.75, 3.05) is 32.2 Å². The second kappa shape index (κ2) is 14.3. The molecule has 1 fully saturated rings. The number of benzene rings is 6. The van der Waals surface area contributed by atoms with Crippen LogP contribution in [0.15, 0.2) is 127 Å². The lowest BCUT2D eigenvalue weighted by Gasteiger charge is -2.29. The van der Waals surface area contributed by atoms with E-state index in [-0.39, 0.29) is 5.97 Å². The van der Waals surface area contributed by atoms with E-state index < -0.39 is 5.41 Å². The van der Waals surface area contributed by atoms with Crippen molar-refractivity contribution >= 4 is 28.5 Å². The van der Waals surface area contributed by atoms with Gasteiger partial charge in [-0.25, -0.2) is 4.79 Å². The maximum atomic E-state index is 13.4. The van der Waals surface area contributed by atoms with Crippen LogP contribution < -0.4 is 9.64 Å². The summed E-state index contributed by atoms with van der Waals surface area (Å²) < 4.78 is 10.8. The zero-order chi connectivity index (χ0) is 35.5. The average molecular weight is 672 g/mol. The molecule has 0 spiro atoms. The Morgan fingerprint density at radius 3 is 1.82 bits per heavy atom. The fourth-order valence-corrected chi connectivity index (χ4v) is 7.42. The van der Waals surface area contributed by atoms with Crippen molar-refractivity contribution in [1.82, 2.24) is 0 Å². The Hall–Kier alpha value is -5.61. The molecule has 51 heavy (non-hydrogen) atoms. The molecule has 1 aliphatic heterocycles. The molecule has 6 aromatic carbocycles. The van der Waals surface area contributed by atoms with Gasteiger partial charge in [-0.05, 0) is 125 Å². The highest BCUT2D eigenvalue weighted by molar-refractivity contribution is 6.02. The SMILES string of the molecule is COC(=O)c1cc2cc(-c3ccc(-c4ccc(C)cc4)cc3)ccc2c(C)c1/C=C\C(C)(c1ccc(OC)cc1)c1ccc(N2CCCC2)cc1. The molecule has 0 saturated carbocycles. The fraction of sp³-hybridized carbons (Fsp3) is 0.213. The lowest BCUT2D eigenvalue weighted by Crippen LogP contribution is -2.22. The number of rotatable bonds is 9. The quantitative estimate of drug-likeness (QED) is 0.143. The summed E-state index contributed by atoms with van der Waals surface area (Å²) in [5.41, 5.74) is 11.4. The molecule has 0 bridgehead atoms. The summed E-state index contributed by atoms with van der Waals surface area (Å²) in [5.74, 6) is 0.461. The Morgan fingerprint density at radius 2 is 1.24 bits per heavy atom. The van der Waals surface area contributed by atoms with Crippen molar-refractivity contribution < 1.29 is 14.3 Å². The van der Waals surface area contributed by atoms with Crippen molar-refractivity contribution in [2.24, 2.45) is 0 Å². The molecule has 1 unspecified atom stereocenters. The van der Waals surface area contributed by atoms with E-state index in [0.717, 1.165) is 57.4 Å². The third kappa shape index (κ3) is 6.79. The minimum atomic E-state index is -0.487. The first-order chi connectivity index (χ1) is 24.8. The standard InChI is InChI=1S/C47H45NO3/c1-32-8-10-34(11-9-32)35-12-14-36(15-13-35)37-16-25-43-33(2)44(45(46(49)51-5)31-38(43)30-37)26-27-47(3,40-19-23-42(50-4)24-20-40)39-17-21-41(22-18-39)48-28-6-7-29-48/h8-27,30-31H,6-7,28-29H2,1-5H3/b27-26-. The summed E-state index contributed by atoms with van der Waals surface area (Å²) in [5, 5.41) is 2.10. The summed E-state index contributed by atoms with van der Waals surface area (Å²) in [6.07, 6.45) is 6.82. The van der Waals surface area contributed by atoms with Gasteiger partial charge in [0.2, 0.25) is 0 Å². The zero-order valence-electron chi connectivity index (χ0n) is 30.2. The number of hydrogen-bond acceptors (Lipinski definition) is 4. The Labute approximate surface area is 302 Å². The highest BCUT2D eigenvalue weighted by atomic mass is 16.5. The second-order valence-corrected chi connectivity index (χ2v) is 13.8. The minimum absolute atomic E-state index is 0.353. The smallest absolute Gasteiger partial charge is 0.338 e. The molecule has 4 heteroatoms. The van der Waals surface area contributed by atoms with Gasteiger partial charge >= 0.3 is 5.97 Å². The van der Waals surface area contributed by atoms with E-state index in [2.05, 4.69) is 141 Å². The van der Waals surface area contributed by atoms with Gasteiger partial charge in [0.1, 0.15) is 5.75 Å². The molecular formula is C47H45NO3. The zero-order valence-corrected chi connectivity index (χ0v) is 30.2. The maximum Gasteiger partial charge on any atom is 0.338 e. The van der Waals surface area contributed by atoms with Crippen LogP contribution in [0.3, 0.4) is 0 Å². The number of hydrogen-bond donors (Lipinski definition) is 0. The van der Waals surface area contributed by atoms with Crippen LogP contribution in [0.1, 0.15) is 57.9 Å². The van der Waals surface area contributed by atoms with Gasteiger partial charge in [0.15, 0.2) is 0 Å². The molecule has 4 nitrogen and oxygen atoms in total. The van der Waals surface area contributed by atoms with Gasteiger partial charge in [0, 0.05) is 24.2 Å². The van der Waals surface area contributed by atoms with Gasteiger partial charge in [-0.3, -0.25) is 0 Å². The van der Waals surface area contributed by atoms with Crippen LogP contribution in [0.5, 0.6) is 5.75 Å². The van der Waals surface area contributed by atoms with Crippen molar-refractivity contribution in [2.45, 2.75) is 39.0 Å². The molecule has 256 valence electrons. The fourth-order valence-electron chi connectivity index (χ4n) is 7.42. The third-order valence-corrected chi connectivity index (χ3v) is 10.7. The van der Waals surface area contributed by atoms with E-state index >= 15 is 0 Å². The lowest BCUT2D eigenvalue weighted by molar-refractivity contribution is 0.0600. The number of nitrogens with zero attached hydrogens (tertiary/aromatic N) is 1. The number of ether oxygens (including phenoxy) is 2. The molecule has 1 saturated heterocycles. The molecule has 7 rings (SSSR count). The van der Waals surface area contributed by atoms with Gasteiger partial charge in [-0.1, -0.05) is 103 Å². The predicted octanol–water partition coefficient (Wildman–Crippen LogP) is 11.2. The number of allylic oxidation sites excluding steroid dienone is 1. The molecule has 1 atom stereocenters. The average Bonchev–Trinajstić information content (AvgIpc) is 3.73. The van der Waals surface area contributed by atoms with E-state index in [0.29, 0.717) is 5.56 Å². The summed E-state index contributed by atoms with van der Waals surface area (Å²) in [6, 6.07) is 43.0. The highest BCUT2D eigenvalue weighted by Crippen LogP contribution is 2.38. The van der Waals surface area contributed by atoms with Crippen LogP contribution in [-0.2, 0) is 10.2 Å². The maximum absolute atomic E-state index is 13.4. The van der Waals surface area contributed by atoms with E-state index in [4.69, 9.17) is 9.47 Å². The summed E-state index contributed by atoms with van der Waals surface area (Å²) in [4.78, 5) is 15.9. The first-order valence-corrected chi connectivity index (χ1v) is 17.8. The second-order valence-electron chi connectivity index (χ2n) is 13.8. The Morgan fingerprint density at radius 1 is 0.686 bits per heavy atom. The number of carbonyl (C=O) groups excluding carboxylic acids is 1. The predicted molar refractivity (Wildman–Crippen MR) is 212 cm³/mol. The van der Waals surface area contributed by atoms with Crippen LogP contribution in [0.2, 0.25) is 0 Å². The topological polar surface area (TPSA) is 38.8 Å². The van der Waals surface area contributed by atoms with E-state index in [9.17, 15) is 4.79 Å². The van der Waals surface area contributed by atoms with Crippen LogP contribution in [-0.4, -0.2) is 33.3 Å². The van der Waals surface area contributed by atoms with Gasteiger partial charge < -0.3 is 14.4 Å². The first kappa shape index (κ1) is 33.9. The third-order valence-electron chi connectivity index (χ3n) is 10.7. The number of anilines is 1. The number of fused-ring (bicyclic) bond motifs is 1.